The molecule has 0 fully saturated rings. The Morgan fingerprint density at radius 2 is 1.22 bits per heavy atom. The highest BCUT2D eigenvalue weighted by atomic mass is 16.5. The van der Waals surface area contributed by atoms with Crippen molar-refractivity contribution in [3.05, 3.63) is 12.2 Å². The number of amides is 1. The lowest BCUT2D eigenvalue weighted by Gasteiger charge is -2.17. The highest BCUT2D eigenvalue weighted by Gasteiger charge is 2.13. The summed E-state index contributed by atoms with van der Waals surface area (Å²) in [7, 11) is 0. The summed E-state index contributed by atoms with van der Waals surface area (Å²) in [5.74, 6) is -1.34. The molecule has 1 amide bonds. The molecular formula is C31H57NO5. The van der Waals surface area contributed by atoms with Crippen LogP contribution in [0.25, 0.3) is 0 Å². The van der Waals surface area contributed by atoms with Gasteiger partial charge in [-0.05, 0) is 57.8 Å². The van der Waals surface area contributed by atoms with Gasteiger partial charge in [0.05, 0.1) is 0 Å². The lowest BCUT2D eigenvalue weighted by atomic mass is 10.0. The minimum atomic E-state index is -1.03. The van der Waals surface area contributed by atoms with Gasteiger partial charge in [-0.1, -0.05) is 96.6 Å². The van der Waals surface area contributed by atoms with Crippen LogP contribution in [0.4, 0.5) is 0 Å². The molecule has 0 aromatic carbocycles. The maximum Gasteiger partial charge on any atom is 0.322 e. The first kappa shape index (κ1) is 35.2. The molecular weight excluding hydrogens is 466 g/mol. The van der Waals surface area contributed by atoms with Crippen LogP contribution in [0.2, 0.25) is 0 Å². The Morgan fingerprint density at radius 3 is 1.81 bits per heavy atom. The number of aliphatic carboxylic acids is 1. The molecule has 1 atom stereocenters. The SMILES string of the molecule is CCCCCCCCC/C=C\CCCCCCCC(=O)OC(CCC)CCCCCC(=O)NCC(=O)O. The lowest BCUT2D eigenvalue weighted by molar-refractivity contribution is -0.150. The van der Waals surface area contributed by atoms with Crippen molar-refractivity contribution in [2.45, 2.75) is 161 Å². The van der Waals surface area contributed by atoms with E-state index in [1.165, 1.54) is 77.0 Å². The summed E-state index contributed by atoms with van der Waals surface area (Å²) in [5, 5.41) is 10.9. The number of hydrogen-bond donors (Lipinski definition) is 2. The van der Waals surface area contributed by atoms with Crippen LogP contribution < -0.4 is 5.32 Å². The summed E-state index contributed by atoms with van der Waals surface area (Å²) < 4.78 is 5.72. The third-order valence-electron chi connectivity index (χ3n) is 6.67. The van der Waals surface area contributed by atoms with E-state index in [2.05, 4.69) is 31.3 Å². The molecule has 0 saturated heterocycles. The monoisotopic (exact) mass is 523 g/mol. The van der Waals surface area contributed by atoms with E-state index in [-0.39, 0.29) is 24.5 Å². The maximum atomic E-state index is 12.2. The van der Waals surface area contributed by atoms with Crippen LogP contribution >= 0.6 is 0 Å². The molecule has 0 aromatic heterocycles. The summed E-state index contributed by atoms with van der Waals surface area (Å²) in [4.78, 5) is 34.2. The van der Waals surface area contributed by atoms with Crippen molar-refractivity contribution in [2.24, 2.45) is 0 Å². The second-order valence-electron chi connectivity index (χ2n) is 10.4. The number of esters is 1. The van der Waals surface area contributed by atoms with Crippen molar-refractivity contribution in [1.29, 1.82) is 0 Å². The first-order chi connectivity index (χ1) is 18.0. The molecule has 1 unspecified atom stereocenters. The van der Waals surface area contributed by atoms with E-state index in [1.807, 2.05) is 0 Å². The van der Waals surface area contributed by atoms with E-state index in [0.717, 1.165) is 44.9 Å². The van der Waals surface area contributed by atoms with Crippen LogP contribution in [0.3, 0.4) is 0 Å². The van der Waals surface area contributed by atoms with E-state index in [0.29, 0.717) is 19.3 Å². The second kappa shape index (κ2) is 27.2. The molecule has 0 saturated carbocycles. The van der Waals surface area contributed by atoms with Crippen LogP contribution in [0, 0.1) is 0 Å². The smallest absolute Gasteiger partial charge is 0.322 e. The molecule has 0 radical (unpaired) electrons. The molecule has 0 aliphatic heterocycles. The number of carboxylic acids is 1. The molecule has 216 valence electrons. The van der Waals surface area contributed by atoms with E-state index in [9.17, 15) is 14.4 Å². The molecule has 0 aromatic rings. The van der Waals surface area contributed by atoms with E-state index in [4.69, 9.17) is 9.84 Å². The number of nitrogens with one attached hydrogen (secondary N) is 1. The number of hydrogen-bond acceptors (Lipinski definition) is 4. The average molecular weight is 524 g/mol. The molecule has 37 heavy (non-hydrogen) atoms. The molecule has 0 rings (SSSR count). The largest absolute Gasteiger partial charge is 0.480 e. The van der Waals surface area contributed by atoms with Crippen molar-refractivity contribution < 1.29 is 24.2 Å². The fourth-order valence-electron chi connectivity index (χ4n) is 4.44. The Labute approximate surface area is 227 Å². The number of carboxylic acid groups (broad SMARTS) is 1. The van der Waals surface area contributed by atoms with Crippen molar-refractivity contribution >= 4 is 17.8 Å². The van der Waals surface area contributed by atoms with E-state index >= 15 is 0 Å². The highest BCUT2D eigenvalue weighted by molar-refractivity contribution is 5.80. The summed E-state index contributed by atoms with van der Waals surface area (Å²) >= 11 is 0. The zero-order valence-electron chi connectivity index (χ0n) is 24.1. The third-order valence-corrected chi connectivity index (χ3v) is 6.67. The molecule has 6 heteroatoms. The molecule has 0 bridgehead atoms. The first-order valence-corrected chi connectivity index (χ1v) is 15.3. The normalized spacial score (nSPS) is 12.1. The van der Waals surface area contributed by atoms with Crippen molar-refractivity contribution in [3.8, 4) is 0 Å². The van der Waals surface area contributed by atoms with Gasteiger partial charge in [0.15, 0.2) is 0 Å². The lowest BCUT2D eigenvalue weighted by Crippen LogP contribution is -2.28. The van der Waals surface area contributed by atoms with Crippen LogP contribution in [0.5, 0.6) is 0 Å². The zero-order valence-corrected chi connectivity index (χ0v) is 24.1. The molecule has 6 nitrogen and oxygen atoms in total. The van der Waals surface area contributed by atoms with Gasteiger partial charge in [0.2, 0.25) is 5.91 Å². The van der Waals surface area contributed by atoms with Crippen molar-refractivity contribution in [3.63, 3.8) is 0 Å². The van der Waals surface area contributed by atoms with Gasteiger partial charge in [-0.2, -0.15) is 0 Å². The second-order valence-corrected chi connectivity index (χ2v) is 10.4. The van der Waals surface area contributed by atoms with Gasteiger partial charge in [-0.15, -0.1) is 0 Å². The third kappa shape index (κ3) is 27.0. The molecule has 0 aliphatic carbocycles. The minimum absolute atomic E-state index is 0.0359. The molecule has 2 N–H and O–H groups in total. The number of unbranched alkanes of at least 4 members (excludes halogenated alkanes) is 14. The van der Waals surface area contributed by atoms with E-state index in [1.54, 1.807) is 0 Å². The predicted octanol–water partition coefficient (Wildman–Crippen LogP) is 8.28. The van der Waals surface area contributed by atoms with Gasteiger partial charge < -0.3 is 15.2 Å². The van der Waals surface area contributed by atoms with Gasteiger partial charge in [0.25, 0.3) is 0 Å². The van der Waals surface area contributed by atoms with Gasteiger partial charge in [0, 0.05) is 12.8 Å². The van der Waals surface area contributed by atoms with Crippen LogP contribution in [0.1, 0.15) is 155 Å². The van der Waals surface area contributed by atoms with Crippen molar-refractivity contribution in [1.82, 2.24) is 5.32 Å². The number of rotatable bonds is 27. The average Bonchev–Trinajstić information content (AvgIpc) is 2.87. The summed E-state index contributed by atoms with van der Waals surface area (Å²) in [6, 6.07) is 0. The Morgan fingerprint density at radius 1 is 0.676 bits per heavy atom. The zero-order chi connectivity index (χ0) is 27.4. The molecule has 0 heterocycles. The van der Waals surface area contributed by atoms with Crippen molar-refractivity contribution in [2.75, 3.05) is 6.54 Å². The predicted molar refractivity (Wildman–Crippen MR) is 153 cm³/mol. The molecule has 0 aliphatic rings. The van der Waals surface area contributed by atoms with Gasteiger partial charge in [-0.3, -0.25) is 14.4 Å². The number of ether oxygens (including phenoxy) is 1. The van der Waals surface area contributed by atoms with Gasteiger partial charge in [0.1, 0.15) is 12.6 Å². The Balaban J connectivity index is 3.65. The van der Waals surface area contributed by atoms with Gasteiger partial charge in [-0.25, -0.2) is 0 Å². The Hall–Kier alpha value is -1.85. The maximum absolute atomic E-state index is 12.2. The van der Waals surface area contributed by atoms with Crippen LogP contribution in [-0.4, -0.2) is 35.6 Å². The van der Waals surface area contributed by atoms with Crippen LogP contribution in [0.15, 0.2) is 12.2 Å². The molecule has 0 spiro atoms. The topological polar surface area (TPSA) is 92.7 Å². The fraction of sp³-hybridized carbons (Fsp3) is 0.839. The Bertz CT molecular complexity index is 590. The minimum Gasteiger partial charge on any atom is -0.480 e. The Kier molecular flexibility index (Phi) is 25.8. The van der Waals surface area contributed by atoms with Crippen LogP contribution in [-0.2, 0) is 19.1 Å². The van der Waals surface area contributed by atoms with E-state index < -0.39 is 5.97 Å². The highest BCUT2D eigenvalue weighted by Crippen LogP contribution is 2.15. The number of allylic oxidation sites excluding steroid dienone is 2. The number of carbonyl (C=O) groups excluding carboxylic acids is 2. The number of carbonyl (C=O) groups is 3. The summed E-state index contributed by atoms with van der Waals surface area (Å²) in [6.45, 7) is 4.03. The summed E-state index contributed by atoms with van der Waals surface area (Å²) in [5.41, 5.74) is 0. The quantitative estimate of drug-likeness (QED) is 0.0642. The summed E-state index contributed by atoms with van der Waals surface area (Å²) in [6.07, 6.45) is 28.3. The van der Waals surface area contributed by atoms with Gasteiger partial charge >= 0.3 is 11.9 Å². The standard InChI is InChI=1S/C31H57NO5/c1-3-5-6-7-8-9-10-11-12-13-14-15-16-17-18-22-26-31(36)37-28(23-4-2)24-20-19-21-25-29(33)32-27-30(34)35/h12-13,28H,3-11,14-27H2,1-2H3,(H,32,33)(H,34,35)/b13-12-. The fourth-order valence-corrected chi connectivity index (χ4v) is 4.44. The first-order valence-electron chi connectivity index (χ1n) is 15.3.